The molecule has 7 nitrogen and oxygen atoms in total. The van der Waals surface area contributed by atoms with Gasteiger partial charge >= 0.3 is 5.97 Å². The molecule has 1 heterocycles. The molecule has 170 valence electrons. The monoisotopic (exact) mass is 549 g/mol. The highest BCUT2D eigenvalue weighted by Crippen LogP contribution is 2.48. The van der Waals surface area contributed by atoms with E-state index in [2.05, 4.69) is 31.2 Å². The normalized spacial score (nSPS) is 20.6. The van der Waals surface area contributed by atoms with Crippen molar-refractivity contribution in [1.29, 1.82) is 0 Å². The predicted molar refractivity (Wildman–Crippen MR) is 130 cm³/mol. The average molecular weight is 551 g/mol. The van der Waals surface area contributed by atoms with Crippen LogP contribution < -0.4 is 5.32 Å². The summed E-state index contributed by atoms with van der Waals surface area (Å²) < 4.78 is 0. The number of carboxylic acid groups (broad SMARTS) is 1. The number of aliphatic imine (C=N–C) groups is 1. The third kappa shape index (κ3) is 4.47. The van der Waals surface area contributed by atoms with Crippen molar-refractivity contribution in [2.45, 2.75) is 30.1 Å². The zero-order valence-corrected chi connectivity index (χ0v) is 20.2. The molecule has 2 aliphatic carbocycles. The number of nitrogens with one attached hydrogen (secondary N) is 1. The number of carboxylic acids is 1. The molecule has 0 saturated heterocycles. The number of halogens is 3. The minimum absolute atomic E-state index is 0.0462. The maximum absolute atomic E-state index is 12.5. The molecule has 2 atom stereocenters. The van der Waals surface area contributed by atoms with Gasteiger partial charge in [-0.1, -0.05) is 63.4 Å². The lowest BCUT2D eigenvalue weighted by Gasteiger charge is -2.42. The number of hydrogen-bond donors (Lipinski definition) is 2. The van der Waals surface area contributed by atoms with Crippen LogP contribution in [0.4, 0.5) is 5.69 Å². The molecule has 1 spiro atoms. The van der Waals surface area contributed by atoms with Gasteiger partial charge in [0.1, 0.15) is 4.83 Å². The van der Waals surface area contributed by atoms with E-state index in [-0.39, 0.29) is 27.8 Å². The van der Waals surface area contributed by atoms with Gasteiger partial charge in [0.05, 0.1) is 21.0 Å². The molecule has 4 rings (SSSR count). The predicted octanol–water partition coefficient (Wildman–Crippen LogP) is 4.76. The second kappa shape index (κ2) is 9.37. The summed E-state index contributed by atoms with van der Waals surface area (Å²) in [6, 6.07) is 5.72. The summed E-state index contributed by atoms with van der Waals surface area (Å²) in [4.78, 5) is 44.6. The third-order valence-corrected chi connectivity index (χ3v) is 7.26. The Morgan fingerprint density at radius 1 is 1.18 bits per heavy atom. The van der Waals surface area contributed by atoms with Crippen molar-refractivity contribution in [1.82, 2.24) is 4.98 Å². The van der Waals surface area contributed by atoms with Gasteiger partial charge in [0.15, 0.2) is 11.8 Å². The van der Waals surface area contributed by atoms with Gasteiger partial charge in [-0.05, 0) is 30.5 Å². The topological polar surface area (TPSA) is 109 Å². The van der Waals surface area contributed by atoms with Gasteiger partial charge in [-0.25, -0.2) is 4.79 Å². The number of alkyl halides is 1. The first kappa shape index (κ1) is 23.6. The van der Waals surface area contributed by atoms with E-state index >= 15 is 0 Å². The first-order valence-electron chi connectivity index (χ1n) is 10.1. The van der Waals surface area contributed by atoms with Gasteiger partial charge in [-0.15, -0.1) is 0 Å². The molecule has 0 radical (unpaired) electrons. The van der Waals surface area contributed by atoms with Gasteiger partial charge in [0, 0.05) is 30.2 Å². The zero-order chi connectivity index (χ0) is 23.8. The van der Waals surface area contributed by atoms with Crippen molar-refractivity contribution >= 4 is 68.2 Å². The minimum Gasteiger partial charge on any atom is -0.480 e. The molecule has 1 fully saturated rings. The fraction of sp³-hybridized carbons (Fsp3) is 0.261. The van der Waals surface area contributed by atoms with E-state index in [4.69, 9.17) is 23.2 Å². The smallest absolute Gasteiger partial charge is 0.328 e. The lowest BCUT2D eigenvalue weighted by Crippen LogP contribution is -2.59. The van der Waals surface area contributed by atoms with Crippen molar-refractivity contribution < 1.29 is 19.5 Å². The fourth-order valence-corrected chi connectivity index (χ4v) is 5.57. The van der Waals surface area contributed by atoms with E-state index in [1.54, 1.807) is 24.3 Å². The summed E-state index contributed by atoms with van der Waals surface area (Å²) in [6.45, 7) is 0. The summed E-state index contributed by atoms with van der Waals surface area (Å²) in [5, 5.41) is 12.7. The number of aromatic nitrogens is 1. The Kier molecular flexibility index (Phi) is 6.70. The molecule has 2 aliphatic rings. The van der Waals surface area contributed by atoms with Crippen LogP contribution in [0.25, 0.3) is 0 Å². The van der Waals surface area contributed by atoms with Gasteiger partial charge in [-0.3, -0.25) is 19.6 Å². The number of nitrogens with zero attached hydrogens (tertiary/aromatic N) is 2. The number of ketones is 1. The Bertz CT molecular complexity index is 1170. The lowest BCUT2D eigenvalue weighted by molar-refractivity contribution is -0.138. The molecular weight excluding hydrogens is 533 g/mol. The second-order valence-corrected chi connectivity index (χ2v) is 9.62. The van der Waals surface area contributed by atoms with Crippen molar-refractivity contribution in [3.63, 3.8) is 0 Å². The number of amides is 1. The van der Waals surface area contributed by atoms with E-state index in [1.807, 2.05) is 12.2 Å². The maximum Gasteiger partial charge on any atom is 0.328 e. The molecule has 1 saturated carbocycles. The Labute approximate surface area is 208 Å². The van der Waals surface area contributed by atoms with Crippen LogP contribution in [0.2, 0.25) is 10.0 Å². The standard InChI is InChI=1S/C23H18BrCl2N3O4/c24-18-19(23(20(18)30)7-1-2-8-23)29-16(22(32)33)9-12-3-5-13(6-4-12)28-21(31)17-14(25)10-27-11-15(17)26/h1-6,10-11,16,18H,7-9H2,(H,28,31)(H,32,33)/t16-,18?/m0/s1. The van der Waals surface area contributed by atoms with E-state index < -0.39 is 28.2 Å². The summed E-state index contributed by atoms with van der Waals surface area (Å²) in [5.41, 5.74) is 1.24. The molecular formula is C23H18BrCl2N3O4. The first-order valence-corrected chi connectivity index (χ1v) is 11.7. The van der Waals surface area contributed by atoms with Crippen molar-refractivity contribution in [2.24, 2.45) is 10.4 Å². The Morgan fingerprint density at radius 2 is 1.79 bits per heavy atom. The first-order chi connectivity index (χ1) is 15.7. The van der Waals surface area contributed by atoms with Crippen LogP contribution in [0.1, 0.15) is 28.8 Å². The quantitative estimate of drug-likeness (QED) is 0.398. The van der Waals surface area contributed by atoms with Crippen LogP contribution in [-0.2, 0) is 16.0 Å². The number of carbonyl (C=O) groups excluding carboxylic acids is 2. The molecule has 10 heteroatoms. The minimum atomic E-state index is -1.07. The molecule has 2 aromatic rings. The number of aliphatic carboxylic acids is 1. The van der Waals surface area contributed by atoms with Crippen LogP contribution in [0.5, 0.6) is 0 Å². The number of benzene rings is 1. The summed E-state index contributed by atoms with van der Waals surface area (Å²) in [5.74, 6) is -1.50. The van der Waals surface area contributed by atoms with E-state index in [0.717, 1.165) is 5.56 Å². The molecule has 1 unspecified atom stereocenters. The highest BCUT2D eigenvalue weighted by Gasteiger charge is 2.58. The van der Waals surface area contributed by atoms with Gasteiger partial charge in [-0.2, -0.15) is 0 Å². The molecule has 2 N–H and O–H groups in total. The van der Waals surface area contributed by atoms with Crippen molar-refractivity contribution in [3.05, 3.63) is 70.0 Å². The van der Waals surface area contributed by atoms with Crippen molar-refractivity contribution in [3.8, 4) is 0 Å². The van der Waals surface area contributed by atoms with Gasteiger partial charge in [0.2, 0.25) is 0 Å². The zero-order valence-electron chi connectivity index (χ0n) is 17.1. The van der Waals surface area contributed by atoms with E-state index in [9.17, 15) is 19.5 Å². The largest absolute Gasteiger partial charge is 0.480 e. The Morgan fingerprint density at radius 3 is 2.36 bits per heavy atom. The van der Waals surface area contributed by atoms with Crippen LogP contribution in [-0.4, -0.2) is 44.3 Å². The van der Waals surface area contributed by atoms with Gasteiger partial charge in [0.25, 0.3) is 5.91 Å². The number of pyridine rings is 1. The molecule has 33 heavy (non-hydrogen) atoms. The van der Waals surface area contributed by atoms with Crippen LogP contribution in [0.15, 0.2) is 53.8 Å². The molecule has 1 amide bonds. The SMILES string of the molecule is O=C(Nc1ccc(C[C@H](N=C2C(Br)C(=O)C23CC=CC3)C(=O)O)cc1)c1c(Cl)cncc1Cl. The average Bonchev–Trinajstić information content (AvgIpc) is 3.29. The fourth-order valence-electron chi connectivity index (χ4n) is 4.03. The summed E-state index contributed by atoms with van der Waals surface area (Å²) in [6.07, 6.45) is 7.78. The molecule has 1 aromatic heterocycles. The van der Waals surface area contributed by atoms with E-state index in [1.165, 1.54) is 12.4 Å². The number of Topliss-reactive ketones (excluding diaryl/α,β-unsaturated/α-hetero) is 1. The molecule has 1 aromatic carbocycles. The number of hydrogen-bond acceptors (Lipinski definition) is 5. The highest BCUT2D eigenvalue weighted by atomic mass is 79.9. The van der Waals surface area contributed by atoms with Crippen molar-refractivity contribution in [2.75, 3.05) is 5.32 Å². The molecule has 0 bridgehead atoms. The Balaban J connectivity index is 1.48. The number of anilines is 1. The second-order valence-electron chi connectivity index (χ2n) is 7.89. The maximum atomic E-state index is 12.5. The lowest BCUT2D eigenvalue weighted by atomic mass is 9.63. The third-order valence-electron chi connectivity index (χ3n) is 5.83. The number of carbonyl (C=O) groups is 3. The summed E-state index contributed by atoms with van der Waals surface area (Å²) >= 11 is 15.4. The summed E-state index contributed by atoms with van der Waals surface area (Å²) in [7, 11) is 0. The highest BCUT2D eigenvalue weighted by molar-refractivity contribution is 9.10. The number of rotatable bonds is 6. The van der Waals surface area contributed by atoms with Gasteiger partial charge < -0.3 is 10.4 Å². The molecule has 0 aliphatic heterocycles. The number of allylic oxidation sites excluding steroid dienone is 2. The van der Waals surface area contributed by atoms with Crippen LogP contribution in [0, 0.1) is 5.41 Å². The van der Waals surface area contributed by atoms with Crippen LogP contribution >= 0.6 is 39.1 Å². The Hall–Kier alpha value is -2.55. The van der Waals surface area contributed by atoms with Crippen LogP contribution in [0.3, 0.4) is 0 Å². The van der Waals surface area contributed by atoms with E-state index in [0.29, 0.717) is 24.2 Å².